The number of benzene rings is 1. The molecule has 3 rings (SSSR count). The van der Waals surface area contributed by atoms with Crippen LogP contribution in [0.15, 0.2) is 27.2 Å². The van der Waals surface area contributed by atoms with Crippen LogP contribution in [0.1, 0.15) is 69.1 Å². The van der Waals surface area contributed by atoms with Crippen molar-refractivity contribution < 1.29 is 14.1 Å². The van der Waals surface area contributed by atoms with Crippen LogP contribution in [0.25, 0.3) is 0 Å². The van der Waals surface area contributed by atoms with Crippen molar-refractivity contribution in [3.05, 3.63) is 40.0 Å². The lowest BCUT2D eigenvalue weighted by atomic mass is 9.89. The number of nitrogens with zero attached hydrogens (tertiary/aromatic N) is 2. The summed E-state index contributed by atoms with van der Waals surface area (Å²) in [5.74, 6) is 0.718. The Kier molecular flexibility index (Phi) is 7.05. The third-order valence-electron chi connectivity index (χ3n) is 5.29. The summed E-state index contributed by atoms with van der Waals surface area (Å²) in [6.45, 7) is 3.51. The van der Waals surface area contributed by atoms with E-state index in [1.54, 1.807) is 0 Å². The summed E-state index contributed by atoms with van der Waals surface area (Å²) in [7, 11) is 0. The van der Waals surface area contributed by atoms with E-state index in [0.29, 0.717) is 18.1 Å². The van der Waals surface area contributed by atoms with Crippen molar-refractivity contribution in [2.24, 2.45) is 0 Å². The maximum atomic E-state index is 12.3. The first kappa shape index (κ1) is 21.5. The zero-order valence-corrected chi connectivity index (χ0v) is 18.5. The first-order chi connectivity index (χ1) is 13.9. The molecule has 8 heteroatoms. The molecule has 1 aliphatic carbocycles. The highest BCUT2D eigenvalue weighted by Gasteiger charge is 2.38. The van der Waals surface area contributed by atoms with Gasteiger partial charge in [0, 0.05) is 29.9 Å². The van der Waals surface area contributed by atoms with Crippen LogP contribution in [0.5, 0.6) is 0 Å². The second-order valence-electron chi connectivity index (χ2n) is 7.70. The summed E-state index contributed by atoms with van der Waals surface area (Å²) in [4.78, 5) is 28.6. The third-order valence-corrected chi connectivity index (χ3v) is 6.14. The number of halogens is 1. The zero-order valence-electron chi connectivity index (χ0n) is 16.9. The highest BCUT2D eigenvalue weighted by atomic mass is 79.9. The third kappa shape index (κ3) is 5.65. The lowest BCUT2D eigenvalue weighted by Gasteiger charge is -2.30. The molecule has 2 amide bonds. The fourth-order valence-electron chi connectivity index (χ4n) is 3.74. The summed E-state index contributed by atoms with van der Waals surface area (Å²) in [6, 6.07) is 5.69. The van der Waals surface area contributed by atoms with Gasteiger partial charge in [-0.05, 0) is 37.5 Å². The van der Waals surface area contributed by atoms with E-state index in [4.69, 9.17) is 4.52 Å². The van der Waals surface area contributed by atoms with Crippen LogP contribution in [0.3, 0.4) is 0 Å². The van der Waals surface area contributed by atoms with Crippen LogP contribution >= 0.6 is 15.9 Å². The zero-order chi connectivity index (χ0) is 20.9. The molecule has 1 aromatic heterocycles. The number of nitrogens with one attached hydrogen (secondary N) is 2. The molecule has 0 radical (unpaired) electrons. The highest BCUT2D eigenvalue weighted by Crippen LogP contribution is 2.34. The van der Waals surface area contributed by atoms with Gasteiger partial charge >= 0.3 is 0 Å². The number of anilines is 1. The Hall–Kier alpha value is -2.22. The maximum Gasteiger partial charge on any atom is 0.227 e. The number of hydrogen-bond acceptors (Lipinski definition) is 5. The van der Waals surface area contributed by atoms with E-state index in [1.807, 2.05) is 25.1 Å². The summed E-state index contributed by atoms with van der Waals surface area (Å²) >= 11 is 3.47. The molecule has 7 nitrogen and oxygen atoms in total. The van der Waals surface area contributed by atoms with Gasteiger partial charge in [0.25, 0.3) is 0 Å². The first-order valence-corrected chi connectivity index (χ1v) is 10.8. The standard InChI is InChI=1S/C21H27BrN4O3/c1-14-7-8-16(13-17(14)22)23-18(28)9-10-19-24-20(26-29-19)21(25-15(2)27)11-5-3-4-6-12-21/h7-8,13H,3-6,9-12H2,1-2H3,(H,23,28)(H,25,27). The monoisotopic (exact) mass is 462 g/mol. The minimum atomic E-state index is -0.569. The number of aromatic nitrogens is 2. The van der Waals surface area contributed by atoms with Gasteiger partial charge in [-0.1, -0.05) is 52.8 Å². The van der Waals surface area contributed by atoms with Crippen molar-refractivity contribution in [3.8, 4) is 0 Å². The second kappa shape index (κ2) is 9.52. The molecule has 0 saturated heterocycles. The number of aryl methyl sites for hydroxylation is 2. The second-order valence-corrected chi connectivity index (χ2v) is 8.56. The van der Waals surface area contributed by atoms with E-state index in [0.717, 1.165) is 54.2 Å². The van der Waals surface area contributed by atoms with Crippen molar-refractivity contribution >= 4 is 33.4 Å². The molecule has 29 heavy (non-hydrogen) atoms. The fourth-order valence-corrected chi connectivity index (χ4v) is 4.12. The van der Waals surface area contributed by atoms with Crippen molar-refractivity contribution in [1.29, 1.82) is 0 Å². The van der Waals surface area contributed by atoms with Gasteiger partial charge in [0.15, 0.2) is 5.82 Å². The molecule has 2 aromatic rings. The summed E-state index contributed by atoms with van der Waals surface area (Å²) in [6.07, 6.45) is 6.49. The van der Waals surface area contributed by atoms with E-state index < -0.39 is 5.54 Å². The molecule has 0 atom stereocenters. The minimum Gasteiger partial charge on any atom is -0.343 e. The molecule has 156 valence electrons. The Bertz CT molecular complexity index is 873. The molecule has 1 fully saturated rings. The van der Waals surface area contributed by atoms with E-state index >= 15 is 0 Å². The van der Waals surface area contributed by atoms with Crippen molar-refractivity contribution in [2.75, 3.05) is 5.32 Å². The number of amides is 2. The number of carbonyl (C=O) groups excluding carboxylic acids is 2. The number of rotatable bonds is 6. The Balaban J connectivity index is 1.63. The van der Waals surface area contributed by atoms with Crippen molar-refractivity contribution in [2.45, 2.75) is 70.8 Å². The summed E-state index contributed by atoms with van der Waals surface area (Å²) in [5, 5.41) is 10.1. The van der Waals surface area contributed by atoms with E-state index in [-0.39, 0.29) is 18.2 Å². The molecular formula is C21H27BrN4O3. The summed E-state index contributed by atoms with van der Waals surface area (Å²) in [5.41, 5.74) is 1.27. The molecule has 2 N–H and O–H groups in total. The number of carbonyl (C=O) groups is 2. The molecule has 1 aromatic carbocycles. The smallest absolute Gasteiger partial charge is 0.227 e. The average molecular weight is 463 g/mol. The van der Waals surface area contributed by atoms with Crippen LogP contribution in [0.2, 0.25) is 0 Å². The molecule has 1 saturated carbocycles. The maximum absolute atomic E-state index is 12.3. The van der Waals surface area contributed by atoms with Crippen LogP contribution in [0, 0.1) is 6.92 Å². The van der Waals surface area contributed by atoms with Gasteiger partial charge in [-0.2, -0.15) is 4.98 Å². The van der Waals surface area contributed by atoms with Crippen LogP contribution in [0.4, 0.5) is 5.69 Å². The molecule has 0 spiro atoms. The Morgan fingerprint density at radius 3 is 2.59 bits per heavy atom. The summed E-state index contributed by atoms with van der Waals surface area (Å²) < 4.78 is 6.35. The van der Waals surface area contributed by atoms with Crippen molar-refractivity contribution in [3.63, 3.8) is 0 Å². The predicted octanol–water partition coefficient (Wildman–Crippen LogP) is 4.40. The topological polar surface area (TPSA) is 97.1 Å². The Morgan fingerprint density at radius 1 is 1.21 bits per heavy atom. The van der Waals surface area contributed by atoms with Gasteiger partial charge in [0.05, 0.1) is 0 Å². The number of hydrogen-bond donors (Lipinski definition) is 2. The molecule has 0 bridgehead atoms. The van der Waals surface area contributed by atoms with Crippen LogP contribution in [-0.2, 0) is 21.5 Å². The molecule has 1 heterocycles. The highest BCUT2D eigenvalue weighted by molar-refractivity contribution is 9.10. The predicted molar refractivity (Wildman–Crippen MR) is 113 cm³/mol. The minimum absolute atomic E-state index is 0.0955. The van der Waals surface area contributed by atoms with Crippen LogP contribution in [-0.4, -0.2) is 22.0 Å². The molecule has 0 aliphatic heterocycles. The van der Waals surface area contributed by atoms with Crippen molar-refractivity contribution in [1.82, 2.24) is 15.5 Å². The van der Waals surface area contributed by atoms with Gasteiger partial charge in [0.2, 0.25) is 17.7 Å². The first-order valence-electron chi connectivity index (χ1n) is 10.1. The normalized spacial score (nSPS) is 16.1. The quantitative estimate of drug-likeness (QED) is 0.619. The molecule has 1 aliphatic rings. The van der Waals surface area contributed by atoms with Gasteiger partial charge in [-0.25, -0.2) is 0 Å². The van der Waals surface area contributed by atoms with Gasteiger partial charge in [0.1, 0.15) is 5.54 Å². The Morgan fingerprint density at radius 2 is 1.93 bits per heavy atom. The Labute approximate surface area is 179 Å². The van der Waals surface area contributed by atoms with Gasteiger partial charge < -0.3 is 15.2 Å². The molecule has 0 unspecified atom stereocenters. The van der Waals surface area contributed by atoms with E-state index in [1.165, 1.54) is 6.92 Å². The SMILES string of the molecule is CC(=O)NC1(c2noc(CCC(=O)Nc3ccc(C)c(Br)c3)n2)CCCCCC1. The average Bonchev–Trinajstić information content (AvgIpc) is 3.03. The lowest BCUT2D eigenvalue weighted by Crippen LogP contribution is -2.45. The lowest BCUT2D eigenvalue weighted by molar-refractivity contribution is -0.121. The van der Waals surface area contributed by atoms with Gasteiger partial charge in [-0.15, -0.1) is 0 Å². The van der Waals surface area contributed by atoms with E-state index in [9.17, 15) is 9.59 Å². The van der Waals surface area contributed by atoms with E-state index in [2.05, 4.69) is 36.7 Å². The largest absolute Gasteiger partial charge is 0.343 e. The fraction of sp³-hybridized carbons (Fsp3) is 0.524. The van der Waals surface area contributed by atoms with Gasteiger partial charge in [-0.3, -0.25) is 9.59 Å². The van der Waals surface area contributed by atoms with Crippen LogP contribution < -0.4 is 10.6 Å². The molecular weight excluding hydrogens is 436 g/mol.